The summed E-state index contributed by atoms with van der Waals surface area (Å²) in [5.41, 5.74) is 4.59. The summed E-state index contributed by atoms with van der Waals surface area (Å²) >= 11 is 0. The molecule has 0 N–H and O–H groups in total. The lowest BCUT2D eigenvalue weighted by atomic mass is 10.0. The maximum atomic E-state index is 13.0. The van der Waals surface area contributed by atoms with Crippen LogP contribution in [0.1, 0.15) is 35.7 Å². The molecule has 8 heteroatoms. The van der Waals surface area contributed by atoms with E-state index in [4.69, 9.17) is 4.52 Å². The van der Waals surface area contributed by atoms with Gasteiger partial charge in [-0.05, 0) is 63.0 Å². The number of hydrogen-bond acceptors (Lipinski definition) is 6. The van der Waals surface area contributed by atoms with Crippen LogP contribution in [0.25, 0.3) is 16.8 Å². The van der Waals surface area contributed by atoms with Gasteiger partial charge in [0.2, 0.25) is 5.89 Å². The molecule has 1 aromatic carbocycles. The Morgan fingerprint density at radius 3 is 2.67 bits per heavy atom. The molecule has 0 saturated carbocycles. The smallest absolute Gasteiger partial charge is 0.277 e. The molecule has 1 aliphatic heterocycles. The third-order valence-electron chi connectivity index (χ3n) is 5.79. The second kappa shape index (κ2) is 7.53. The summed E-state index contributed by atoms with van der Waals surface area (Å²) in [4.78, 5) is 19.8. The van der Waals surface area contributed by atoms with Gasteiger partial charge in [-0.3, -0.25) is 9.69 Å². The van der Waals surface area contributed by atoms with Crippen molar-refractivity contribution in [2.75, 3.05) is 13.1 Å². The van der Waals surface area contributed by atoms with Crippen LogP contribution >= 0.6 is 0 Å². The van der Waals surface area contributed by atoms with Crippen LogP contribution < -0.4 is 5.56 Å². The largest absolute Gasteiger partial charge is 0.338 e. The molecular formula is C22H24N6O2. The van der Waals surface area contributed by atoms with Gasteiger partial charge in [0, 0.05) is 18.0 Å². The molecule has 1 fully saturated rings. The Bertz CT molecular complexity index is 1260. The quantitative estimate of drug-likeness (QED) is 0.509. The average Bonchev–Trinajstić information content (AvgIpc) is 3.48. The summed E-state index contributed by atoms with van der Waals surface area (Å²) in [6.45, 7) is 7.22. The van der Waals surface area contributed by atoms with Crippen LogP contribution in [0.15, 0.2) is 46.0 Å². The normalized spacial score (nSPS) is 14.7. The van der Waals surface area contributed by atoms with E-state index in [1.807, 2.05) is 12.1 Å². The lowest BCUT2D eigenvalue weighted by Crippen LogP contribution is -2.22. The lowest BCUT2D eigenvalue weighted by Gasteiger charge is -2.09. The zero-order valence-electron chi connectivity index (χ0n) is 17.2. The van der Waals surface area contributed by atoms with Crippen LogP contribution in [0.4, 0.5) is 0 Å². The number of benzene rings is 1. The number of hydrogen-bond donors (Lipinski definition) is 0. The monoisotopic (exact) mass is 404 g/mol. The molecule has 4 heterocycles. The third kappa shape index (κ3) is 3.54. The maximum absolute atomic E-state index is 13.0. The van der Waals surface area contributed by atoms with Gasteiger partial charge in [-0.25, -0.2) is 4.52 Å². The molecular weight excluding hydrogens is 380 g/mol. The Hall–Kier alpha value is -3.26. The summed E-state index contributed by atoms with van der Waals surface area (Å²) in [6.07, 6.45) is 5.92. The Morgan fingerprint density at radius 2 is 1.87 bits per heavy atom. The highest BCUT2D eigenvalue weighted by Gasteiger charge is 2.16. The van der Waals surface area contributed by atoms with Crippen molar-refractivity contribution in [2.24, 2.45) is 0 Å². The minimum absolute atomic E-state index is 0.133. The molecule has 1 saturated heterocycles. The first-order valence-corrected chi connectivity index (χ1v) is 10.3. The van der Waals surface area contributed by atoms with Crippen molar-refractivity contribution in [1.82, 2.24) is 29.2 Å². The summed E-state index contributed by atoms with van der Waals surface area (Å²) in [7, 11) is 0. The van der Waals surface area contributed by atoms with Gasteiger partial charge >= 0.3 is 0 Å². The van der Waals surface area contributed by atoms with E-state index in [1.165, 1.54) is 24.0 Å². The van der Waals surface area contributed by atoms with Gasteiger partial charge in [-0.15, -0.1) is 0 Å². The van der Waals surface area contributed by atoms with E-state index in [9.17, 15) is 4.79 Å². The number of likely N-dealkylation sites (tertiary alicyclic amines) is 1. The summed E-state index contributed by atoms with van der Waals surface area (Å²) < 4.78 is 8.59. The minimum atomic E-state index is -0.133. The molecule has 0 aliphatic carbocycles. The Morgan fingerprint density at radius 1 is 1.03 bits per heavy atom. The van der Waals surface area contributed by atoms with E-state index < -0.39 is 0 Å². The van der Waals surface area contributed by atoms with Gasteiger partial charge in [0.25, 0.3) is 5.56 Å². The third-order valence-corrected chi connectivity index (χ3v) is 5.79. The Kier molecular flexibility index (Phi) is 4.71. The van der Waals surface area contributed by atoms with Crippen molar-refractivity contribution in [3.8, 4) is 11.3 Å². The van der Waals surface area contributed by atoms with Gasteiger partial charge in [0.05, 0.1) is 18.8 Å². The zero-order chi connectivity index (χ0) is 20.7. The van der Waals surface area contributed by atoms with E-state index in [0.717, 1.165) is 24.3 Å². The fourth-order valence-corrected chi connectivity index (χ4v) is 3.90. The number of aromatic nitrogens is 5. The van der Waals surface area contributed by atoms with Crippen molar-refractivity contribution in [2.45, 2.75) is 39.8 Å². The van der Waals surface area contributed by atoms with Gasteiger partial charge < -0.3 is 9.09 Å². The molecule has 4 aromatic rings. The first-order chi connectivity index (χ1) is 14.6. The summed E-state index contributed by atoms with van der Waals surface area (Å²) in [5, 5.41) is 8.62. The van der Waals surface area contributed by atoms with E-state index in [1.54, 1.807) is 21.5 Å². The molecule has 0 bridgehead atoms. The number of fused-ring (bicyclic) bond motifs is 1. The number of aryl methyl sites for hydroxylation is 2. The molecule has 0 spiro atoms. The standard InChI is InChI=1S/C22H24N6O2/c1-15-5-6-17(11-16(15)2)18-12-19-22(29)27(9-10-28(19)24-18)13-20-23-21(30-25-20)14-26-7-3-4-8-26/h5-6,9-12H,3-4,7-8,13-14H2,1-2H3. The predicted molar refractivity (Wildman–Crippen MR) is 112 cm³/mol. The van der Waals surface area contributed by atoms with Crippen LogP contribution in [0.5, 0.6) is 0 Å². The van der Waals surface area contributed by atoms with E-state index in [-0.39, 0.29) is 12.1 Å². The molecule has 0 amide bonds. The molecule has 0 radical (unpaired) electrons. The predicted octanol–water partition coefficient (Wildman–Crippen LogP) is 2.81. The van der Waals surface area contributed by atoms with Crippen molar-refractivity contribution >= 4 is 5.52 Å². The van der Waals surface area contributed by atoms with E-state index in [0.29, 0.717) is 23.8 Å². The molecule has 0 atom stereocenters. The molecule has 3 aromatic heterocycles. The van der Waals surface area contributed by atoms with Gasteiger partial charge in [0.1, 0.15) is 5.52 Å². The fourth-order valence-electron chi connectivity index (χ4n) is 3.90. The fraction of sp³-hybridized carbons (Fsp3) is 0.364. The van der Waals surface area contributed by atoms with Gasteiger partial charge in [-0.1, -0.05) is 17.3 Å². The Balaban J connectivity index is 1.40. The second-order valence-corrected chi connectivity index (χ2v) is 7.98. The number of nitrogens with zero attached hydrogens (tertiary/aromatic N) is 6. The molecule has 0 unspecified atom stereocenters. The van der Waals surface area contributed by atoms with Crippen molar-refractivity contribution < 1.29 is 4.52 Å². The van der Waals surface area contributed by atoms with Crippen LogP contribution in [0.3, 0.4) is 0 Å². The summed E-state index contributed by atoms with van der Waals surface area (Å²) in [6, 6.07) is 8.03. The van der Waals surface area contributed by atoms with Gasteiger partial charge in [-0.2, -0.15) is 10.1 Å². The lowest BCUT2D eigenvalue weighted by molar-refractivity contribution is 0.267. The van der Waals surface area contributed by atoms with Crippen LogP contribution in [0.2, 0.25) is 0 Å². The highest BCUT2D eigenvalue weighted by atomic mass is 16.5. The van der Waals surface area contributed by atoms with E-state index >= 15 is 0 Å². The zero-order valence-corrected chi connectivity index (χ0v) is 17.2. The second-order valence-electron chi connectivity index (χ2n) is 7.98. The SMILES string of the molecule is Cc1ccc(-c2cc3c(=O)n(Cc4noc(CN5CCCC5)n4)ccn3n2)cc1C. The molecule has 5 rings (SSSR count). The van der Waals surface area contributed by atoms with Gasteiger partial charge in [0.15, 0.2) is 5.82 Å². The maximum Gasteiger partial charge on any atom is 0.277 e. The Labute approximate surface area is 173 Å². The van der Waals surface area contributed by atoms with Crippen molar-refractivity contribution in [3.05, 3.63) is 69.9 Å². The molecule has 30 heavy (non-hydrogen) atoms. The number of rotatable bonds is 5. The van der Waals surface area contributed by atoms with Crippen LogP contribution in [-0.4, -0.2) is 42.3 Å². The first-order valence-electron chi connectivity index (χ1n) is 10.3. The topological polar surface area (TPSA) is 81.5 Å². The van der Waals surface area contributed by atoms with E-state index in [2.05, 4.69) is 46.1 Å². The summed E-state index contributed by atoms with van der Waals surface area (Å²) in [5.74, 6) is 1.10. The molecule has 1 aliphatic rings. The van der Waals surface area contributed by atoms with Crippen molar-refractivity contribution in [1.29, 1.82) is 0 Å². The van der Waals surface area contributed by atoms with Crippen molar-refractivity contribution in [3.63, 3.8) is 0 Å². The molecule has 154 valence electrons. The highest BCUT2D eigenvalue weighted by Crippen LogP contribution is 2.21. The average molecular weight is 404 g/mol. The van der Waals surface area contributed by atoms with Crippen LogP contribution in [0, 0.1) is 13.8 Å². The first kappa shape index (κ1) is 18.7. The molecule has 8 nitrogen and oxygen atoms in total. The van der Waals surface area contributed by atoms with Crippen LogP contribution in [-0.2, 0) is 13.1 Å². The minimum Gasteiger partial charge on any atom is -0.338 e. The highest BCUT2D eigenvalue weighted by molar-refractivity contribution is 5.66.